The summed E-state index contributed by atoms with van der Waals surface area (Å²) in [7, 11) is 0. The molecule has 7 heteroatoms. The predicted molar refractivity (Wildman–Crippen MR) is 55.3 cm³/mol. The molecule has 1 aromatic rings. The second-order valence-electron chi connectivity index (χ2n) is 4.07. The molecule has 1 aromatic heterocycles. The van der Waals surface area contributed by atoms with E-state index in [1.807, 2.05) is 0 Å². The van der Waals surface area contributed by atoms with Crippen molar-refractivity contribution in [1.29, 1.82) is 0 Å². The van der Waals surface area contributed by atoms with Crippen LogP contribution >= 0.6 is 11.3 Å². The fraction of sp³-hybridized carbons (Fsp3) is 0.778. The first-order valence-corrected chi connectivity index (χ1v) is 5.95. The minimum absolute atomic E-state index is 0.231. The molecular weight excluding hydrogens is 239 g/mol. The van der Waals surface area contributed by atoms with Gasteiger partial charge in [0, 0.05) is 6.04 Å². The van der Waals surface area contributed by atoms with Gasteiger partial charge >= 0.3 is 6.18 Å². The number of halogens is 3. The van der Waals surface area contributed by atoms with Gasteiger partial charge in [-0.25, -0.2) is 0 Å². The molecule has 0 amide bonds. The SMILES string of the molecule is CC1CCCC1Nc1nnc(C(F)(F)F)s1. The third kappa shape index (κ3) is 2.45. The molecule has 0 radical (unpaired) electrons. The zero-order chi connectivity index (χ0) is 11.8. The van der Waals surface area contributed by atoms with E-state index in [1.165, 1.54) is 0 Å². The number of hydrogen-bond donors (Lipinski definition) is 1. The summed E-state index contributed by atoms with van der Waals surface area (Å²) in [5.74, 6) is 0.484. The Morgan fingerprint density at radius 2 is 2.06 bits per heavy atom. The Morgan fingerprint density at radius 1 is 1.31 bits per heavy atom. The molecule has 1 N–H and O–H groups in total. The summed E-state index contributed by atoms with van der Waals surface area (Å²) in [5.41, 5.74) is 0. The smallest absolute Gasteiger partial charge is 0.357 e. The summed E-state index contributed by atoms with van der Waals surface area (Å²) in [4.78, 5) is 0. The number of nitrogens with one attached hydrogen (secondary N) is 1. The third-order valence-corrected chi connectivity index (χ3v) is 3.74. The summed E-state index contributed by atoms with van der Waals surface area (Å²) >= 11 is 0.570. The van der Waals surface area contributed by atoms with Crippen LogP contribution in [0.2, 0.25) is 0 Å². The highest BCUT2D eigenvalue weighted by Gasteiger charge is 2.36. The molecule has 0 saturated heterocycles. The fourth-order valence-electron chi connectivity index (χ4n) is 1.91. The second kappa shape index (κ2) is 4.20. The van der Waals surface area contributed by atoms with Crippen LogP contribution in [0, 0.1) is 5.92 Å². The lowest BCUT2D eigenvalue weighted by Crippen LogP contribution is -2.21. The van der Waals surface area contributed by atoms with Crippen molar-refractivity contribution in [1.82, 2.24) is 10.2 Å². The third-order valence-electron chi connectivity index (χ3n) is 2.84. The molecule has 0 spiro atoms. The largest absolute Gasteiger partial charge is 0.445 e. The van der Waals surface area contributed by atoms with Gasteiger partial charge in [0.15, 0.2) is 0 Å². The van der Waals surface area contributed by atoms with Crippen LogP contribution in [0.25, 0.3) is 0 Å². The minimum atomic E-state index is -4.39. The molecule has 2 atom stereocenters. The molecule has 1 fully saturated rings. The Hall–Kier alpha value is -0.850. The first-order chi connectivity index (χ1) is 7.47. The van der Waals surface area contributed by atoms with E-state index in [1.54, 1.807) is 0 Å². The van der Waals surface area contributed by atoms with E-state index < -0.39 is 11.2 Å². The van der Waals surface area contributed by atoms with E-state index in [0.717, 1.165) is 19.3 Å². The van der Waals surface area contributed by atoms with E-state index in [-0.39, 0.29) is 11.2 Å². The number of alkyl halides is 3. The molecule has 1 aliphatic rings. The normalized spacial score (nSPS) is 26.0. The Kier molecular flexibility index (Phi) is 3.05. The Bertz CT molecular complexity index is 363. The van der Waals surface area contributed by atoms with Gasteiger partial charge in [0.2, 0.25) is 10.1 Å². The van der Waals surface area contributed by atoms with Gasteiger partial charge in [-0.2, -0.15) is 13.2 Å². The van der Waals surface area contributed by atoms with Gasteiger partial charge in [-0.05, 0) is 18.8 Å². The van der Waals surface area contributed by atoms with Crippen LogP contribution in [-0.4, -0.2) is 16.2 Å². The molecule has 2 unspecified atom stereocenters. The molecule has 1 saturated carbocycles. The van der Waals surface area contributed by atoms with Gasteiger partial charge < -0.3 is 5.32 Å². The lowest BCUT2D eigenvalue weighted by Gasteiger charge is -2.15. The second-order valence-corrected chi connectivity index (χ2v) is 5.05. The van der Waals surface area contributed by atoms with Crippen LogP contribution < -0.4 is 5.32 Å². The van der Waals surface area contributed by atoms with Gasteiger partial charge in [-0.15, -0.1) is 10.2 Å². The van der Waals surface area contributed by atoms with Gasteiger partial charge in [0.25, 0.3) is 0 Å². The standard InChI is InChI=1S/C9H12F3N3S/c1-5-3-2-4-6(5)13-8-15-14-7(16-8)9(10,11)12/h5-6H,2-4H2,1H3,(H,13,15). The van der Waals surface area contributed by atoms with Crippen molar-refractivity contribution in [3.8, 4) is 0 Å². The first-order valence-electron chi connectivity index (χ1n) is 5.14. The van der Waals surface area contributed by atoms with Gasteiger partial charge in [0.1, 0.15) is 0 Å². The zero-order valence-electron chi connectivity index (χ0n) is 8.71. The van der Waals surface area contributed by atoms with Crippen LogP contribution in [0.4, 0.5) is 18.3 Å². The molecule has 0 bridgehead atoms. The van der Waals surface area contributed by atoms with Crippen molar-refractivity contribution >= 4 is 16.5 Å². The average Bonchev–Trinajstić information content (AvgIpc) is 2.76. The van der Waals surface area contributed by atoms with Crippen LogP contribution in [0.5, 0.6) is 0 Å². The predicted octanol–water partition coefficient (Wildman–Crippen LogP) is 3.16. The van der Waals surface area contributed by atoms with E-state index in [9.17, 15) is 13.2 Å². The van der Waals surface area contributed by atoms with Crippen molar-refractivity contribution < 1.29 is 13.2 Å². The van der Waals surface area contributed by atoms with Gasteiger partial charge in [0.05, 0.1) is 0 Å². The Balaban J connectivity index is 2.03. The molecule has 90 valence electrons. The van der Waals surface area contributed by atoms with Crippen molar-refractivity contribution in [3.63, 3.8) is 0 Å². The van der Waals surface area contributed by atoms with Crippen LogP contribution in [0.1, 0.15) is 31.2 Å². The monoisotopic (exact) mass is 251 g/mol. The quantitative estimate of drug-likeness (QED) is 0.877. The van der Waals surface area contributed by atoms with Crippen LogP contribution in [-0.2, 0) is 6.18 Å². The first kappa shape index (κ1) is 11.6. The number of nitrogens with zero attached hydrogens (tertiary/aromatic N) is 2. The van der Waals surface area contributed by atoms with Crippen molar-refractivity contribution in [3.05, 3.63) is 5.01 Å². The van der Waals surface area contributed by atoms with Crippen molar-refractivity contribution in [2.75, 3.05) is 5.32 Å². The van der Waals surface area contributed by atoms with Crippen molar-refractivity contribution in [2.45, 2.75) is 38.4 Å². The maximum atomic E-state index is 12.3. The summed E-state index contributed by atoms with van der Waals surface area (Å²) in [6, 6.07) is 0.231. The Labute approximate surface area is 95.1 Å². The van der Waals surface area contributed by atoms with E-state index in [0.29, 0.717) is 17.3 Å². The lowest BCUT2D eigenvalue weighted by molar-refractivity contribution is -0.138. The number of rotatable bonds is 2. The number of aromatic nitrogens is 2. The highest BCUT2D eigenvalue weighted by atomic mass is 32.1. The maximum absolute atomic E-state index is 12.3. The molecule has 16 heavy (non-hydrogen) atoms. The summed E-state index contributed by atoms with van der Waals surface area (Å²) < 4.78 is 36.8. The molecular formula is C9H12F3N3S. The van der Waals surface area contributed by atoms with Crippen LogP contribution in [0.3, 0.4) is 0 Å². The minimum Gasteiger partial charge on any atom is -0.357 e. The van der Waals surface area contributed by atoms with E-state index >= 15 is 0 Å². The summed E-state index contributed by atoms with van der Waals surface area (Å²) in [6.07, 6.45) is -1.17. The number of anilines is 1. The Morgan fingerprint density at radius 3 is 2.56 bits per heavy atom. The highest BCUT2D eigenvalue weighted by Crippen LogP contribution is 2.34. The fourth-order valence-corrected chi connectivity index (χ4v) is 2.59. The summed E-state index contributed by atoms with van der Waals surface area (Å²) in [5, 5.41) is 9.06. The lowest BCUT2D eigenvalue weighted by atomic mass is 10.1. The van der Waals surface area contributed by atoms with E-state index in [2.05, 4.69) is 22.4 Å². The molecule has 0 aliphatic heterocycles. The molecule has 2 rings (SSSR count). The molecule has 0 aromatic carbocycles. The number of hydrogen-bond acceptors (Lipinski definition) is 4. The van der Waals surface area contributed by atoms with Crippen LogP contribution in [0.15, 0.2) is 0 Å². The molecule has 1 heterocycles. The molecule has 1 aliphatic carbocycles. The van der Waals surface area contributed by atoms with Crippen molar-refractivity contribution in [2.24, 2.45) is 5.92 Å². The highest BCUT2D eigenvalue weighted by molar-refractivity contribution is 7.15. The average molecular weight is 251 g/mol. The molecule has 3 nitrogen and oxygen atoms in total. The van der Waals surface area contributed by atoms with Gasteiger partial charge in [-0.1, -0.05) is 24.7 Å². The summed E-state index contributed by atoms with van der Waals surface area (Å²) in [6.45, 7) is 2.09. The van der Waals surface area contributed by atoms with Gasteiger partial charge in [-0.3, -0.25) is 0 Å². The maximum Gasteiger partial charge on any atom is 0.445 e. The zero-order valence-corrected chi connectivity index (χ0v) is 9.53. The topological polar surface area (TPSA) is 37.8 Å². The van der Waals surface area contributed by atoms with E-state index in [4.69, 9.17) is 0 Å².